The molecule has 0 aliphatic carbocycles. The van der Waals surface area contributed by atoms with Gasteiger partial charge in [0.1, 0.15) is 5.75 Å². The van der Waals surface area contributed by atoms with Crippen molar-refractivity contribution < 1.29 is 14.1 Å². The second-order valence-corrected chi connectivity index (χ2v) is 3.17. The van der Waals surface area contributed by atoms with Crippen LogP contribution in [0.1, 0.15) is 6.42 Å². The summed E-state index contributed by atoms with van der Waals surface area (Å²) in [5.74, 6) is 0.409. The van der Waals surface area contributed by atoms with Crippen molar-refractivity contribution >= 4 is 18.0 Å². The van der Waals surface area contributed by atoms with Crippen LogP contribution in [-0.4, -0.2) is 16.8 Å². The molecule has 0 radical (unpaired) electrons. The smallest absolute Gasteiger partial charge is 0.304 e. The van der Waals surface area contributed by atoms with Gasteiger partial charge >= 0.3 is 5.97 Å². The van der Waals surface area contributed by atoms with E-state index in [2.05, 4.69) is 0 Å². The molecule has 13 heavy (non-hydrogen) atoms. The van der Waals surface area contributed by atoms with E-state index in [4.69, 9.17) is 9.29 Å². The molecule has 1 rings (SSSR count). The Balaban J connectivity index is 2.17. The highest BCUT2D eigenvalue weighted by Crippen LogP contribution is 2.15. The van der Waals surface area contributed by atoms with Crippen LogP contribution in [-0.2, 0) is 4.79 Å². The van der Waals surface area contributed by atoms with E-state index in [1.807, 2.05) is 30.3 Å². The fraction of sp³-hybridized carbons (Fsp3) is 0.222. The number of benzene rings is 1. The number of para-hydroxylation sites is 1. The molecule has 1 aromatic carbocycles. The minimum Gasteiger partial charge on any atom is -0.481 e. The van der Waals surface area contributed by atoms with Crippen molar-refractivity contribution in [2.45, 2.75) is 6.42 Å². The van der Waals surface area contributed by atoms with Crippen LogP contribution in [0.4, 0.5) is 0 Å². The Kier molecular flexibility index (Phi) is 4.18. The van der Waals surface area contributed by atoms with E-state index in [0.29, 0.717) is 5.75 Å². The molecule has 0 saturated heterocycles. The first-order valence-electron chi connectivity index (χ1n) is 3.85. The molecular formula is C9H10O3S. The highest BCUT2D eigenvalue weighted by molar-refractivity contribution is 7.95. The minimum atomic E-state index is -0.802. The molecule has 0 heterocycles. The lowest BCUT2D eigenvalue weighted by molar-refractivity contribution is -0.136. The molecule has 0 unspecified atom stereocenters. The van der Waals surface area contributed by atoms with Crippen molar-refractivity contribution in [3.05, 3.63) is 30.3 Å². The Morgan fingerprint density at radius 2 is 2.08 bits per heavy atom. The van der Waals surface area contributed by atoms with E-state index in [0.717, 1.165) is 17.8 Å². The van der Waals surface area contributed by atoms with Gasteiger partial charge in [0, 0.05) is 5.75 Å². The molecule has 0 amide bonds. The van der Waals surface area contributed by atoms with Gasteiger partial charge in [0.2, 0.25) is 0 Å². The van der Waals surface area contributed by atoms with Gasteiger partial charge in [-0.3, -0.25) is 4.79 Å². The number of hydrogen-bond donors (Lipinski definition) is 1. The summed E-state index contributed by atoms with van der Waals surface area (Å²) in [6, 6.07) is 9.29. The minimum absolute atomic E-state index is 0.123. The Morgan fingerprint density at radius 3 is 2.69 bits per heavy atom. The predicted octanol–water partition coefficient (Wildman–Crippen LogP) is 2.19. The van der Waals surface area contributed by atoms with Gasteiger partial charge in [-0.25, -0.2) is 0 Å². The lowest BCUT2D eigenvalue weighted by Crippen LogP contribution is -1.97. The maximum Gasteiger partial charge on any atom is 0.304 e. The first-order valence-corrected chi connectivity index (χ1v) is 4.76. The highest BCUT2D eigenvalue weighted by atomic mass is 32.2. The van der Waals surface area contributed by atoms with Gasteiger partial charge in [0.25, 0.3) is 0 Å². The number of hydrogen-bond acceptors (Lipinski definition) is 3. The first-order chi connectivity index (χ1) is 6.29. The van der Waals surface area contributed by atoms with Crippen molar-refractivity contribution in [3.8, 4) is 5.75 Å². The summed E-state index contributed by atoms with van der Waals surface area (Å²) in [4.78, 5) is 10.1. The van der Waals surface area contributed by atoms with Crippen LogP contribution in [0.5, 0.6) is 5.75 Å². The Bertz CT molecular complexity index is 261. The monoisotopic (exact) mass is 198 g/mol. The molecular weight excluding hydrogens is 188 g/mol. The maximum absolute atomic E-state index is 10.1. The largest absolute Gasteiger partial charge is 0.481 e. The quantitative estimate of drug-likeness (QED) is 0.582. The molecule has 0 aromatic heterocycles. The second kappa shape index (κ2) is 5.48. The van der Waals surface area contributed by atoms with Crippen molar-refractivity contribution in [1.29, 1.82) is 0 Å². The number of carboxylic acids is 1. The molecule has 4 heteroatoms. The van der Waals surface area contributed by atoms with Crippen LogP contribution in [0.25, 0.3) is 0 Å². The molecule has 0 saturated carbocycles. The van der Waals surface area contributed by atoms with Gasteiger partial charge in [-0.05, 0) is 12.1 Å². The molecule has 0 spiro atoms. The summed E-state index contributed by atoms with van der Waals surface area (Å²) in [5, 5.41) is 8.34. The number of rotatable bonds is 5. The molecule has 1 aromatic rings. The standard InChI is InChI=1S/C9H10O3S/c10-9(11)6-7-13-12-8-4-2-1-3-5-8/h1-5H,6-7H2,(H,10,11). The average Bonchev–Trinajstić information content (AvgIpc) is 2.14. The Hall–Kier alpha value is -1.16. The van der Waals surface area contributed by atoms with Gasteiger partial charge in [0.15, 0.2) is 0 Å². The topological polar surface area (TPSA) is 46.5 Å². The van der Waals surface area contributed by atoms with Crippen molar-refractivity contribution in [1.82, 2.24) is 0 Å². The van der Waals surface area contributed by atoms with Gasteiger partial charge in [-0.1, -0.05) is 18.2 Å². The third-order valence-corrected chi connectivity index (χ3v) is 1.98. The molecule has 3 nitrogen and oxygen atoms in total. The van der Waals surface area contributed by atoms with Gasteiger partial charge in [-0.2, -0.15) is 0 Å². The van der Waals surface area contributed by atoms with Crippen LogP contribution in [0, 0.1) is 0 Å². The third kappa shape index (κ3) is 4.42. The van der Waals surface area contributed by atoms with Crippen LogP contribution < -0.4 is 4.18 Å². The van der Waals surface area contributed by atoms with E-state index in [1.165, 1.54) is 0 Å². The maximum atomic E-state index is 10.1. The summed E-state index contributed by atoms with van der Waals surface area (Å²) in [7, 11) is 0. The molecule has 0 fully saturated rings. The number of carbonyl (C=O) groups is 1. The second-order valence-electron chi connectivity index (χ2n) is 2.36. The van der Waals surface area contributed by atoms with E-state index in [-0.39, 0.29) is 6.42 Å². The third-order valence-electron chi connectivity index (χ3n) is 1.30. The lowest BCUT2D eigenvalue weighted by Gasteiger charge is -2.01. The van der Waals surface area contributed by atoms with Crippen LogP contribution in [0.2, 0.25) is 0 Å². The van der Waals surface area contributed by atoms with Crippen LogP contribution >= 0.6 is 12.0 Å². The Labute approximate surface area is 80.9 Å². The summed E-state index contributed by atoms with van der Waals surface area (Å²) < 4.78 is 5.21. The normalized spacial score (nSPS) is 9.54. The van der Waals surface area contributed by atoms with Crippen LogP contribution in [0.15, 0.2) is 30.3 Å². The van der Waals surface area contributed by atoms with Gasteiger partial charge < -0.3 is 9.29 Å². The summed E-state index contributed by atoms with van der Waals surface area (Å²) >= 11 is 1.15. The lowest BCUT2D eigenvalue weighted by atomic mass is 10.3. The first kappa shape index (κ1) is 9.92. The Morgan fingerprint density at radius 1 is 1.38 bits per heavy atom. The number of carboxylic acid groups (broad SMARTS) is 1. The van der Waals surface area contributed by atoms with Crippen molar-refractivity contribution in [2.24, 2.45) is 0 Å². The zero-order chi connectivity index (χ0) is 9.52. The molecule has 0 atom stereocenters. The SMILES string of the molecule is O=C(O)CCSOc1ccccc1. The van der Waals surface area contributed by atoms with Gasteiger partial charge in [-0.15, -0.1) is 0 Å². The van der Waals surface area contributed by atoms with E-state index >= 15 is 0 Å². The molecule has 0 bridgehead atoms. The highest BCUT2D eigenvalue weighted by Gasteiger charge is 1.97. The number of aliphatic carboxylic acids is 1. The summed E-state index contributed by atoms with van der Waals surface area (Å²) in [6.07, 6.45) is 0.123. The van der Waals surface area contributed by atoms with E-state index < -0.39 is 5.97 Å². The zero-order valence-electron chi connectivity index (χ0n) is 6.97. The van der Waals surface area contributed by atoms with Gasteiger partial charge in [0.05, 0.1) is 18.5 Å². The molecule has 0 aliphatic heterocycles. The van der Waals surface area contributed by atoms with E-state index in [1.54, 1.807) is 0 Å². The van der Waals surface area contributed by atoms with Crippen molar-refractivity contribution in [3.63, 3.8) is 0 Å². The summed E-state index contributed by atoms with van der Waals surface area (Å²) in [6.45, 7) is 0. The van der Waals surface area contributed by atoms with E-state index in [9.17, 15) is 4.79 Å². The summed E-state index contributed by atoms with van der Waals surface area (Å²) in [5.41, 5.74) is 0. The fourth-order valence-electron chi connectivity index (χ4n) is 0.715. The predicted molar refractivity (Wildman–Crippen MR) is 51.8 cm³/mol. The zero-order valence-corrected chi connectivity index (χ0v) is 7.79. The van der Waals surface area contributed by atoms with Crippen molar-refractivity contribution in [2.75, 3.05) is 5.75 Å². The van der Waals surface area contributed by atoms with Crippen LogP contribution in [0.3, 0.4) is 0 Å². The molecule has 0 aliphatic rings. The molecule has 1 N–H and O–H groups in total. The fourth-order valence-corrected chi connectivity index (χ4v) is 1.30. The average molecular weight is 198 g/mol. The molecule has 70 valence electrons.